The topological polar surface area (TPSA) is 24.5 Å². The normalized spacial score (nSPS) is 21.8. The van der Waals surface area contributed by atoms with Crippen LogP contribution in [0.1, 0.15) is 33.1 Å². The summed E-state index contributed by atoms with van der Waals surface area (Å²) in [7, 11) is 1.78. The van der Waals surface area contributed by atoms with Crippen LogP contribution in [-0.4, -0.2) is 50.3 Å². The summed E-state index contributed by atoms with van der Waals surface area (Å²) in [4.78, 5) is 2.52. The van der Waals surface area contributed by atoms with Crippen LogP contribution >= 0.6 is 0 Å². The summed E-state index contributed by atoms with van der Waals surface area (Å²) in [6.07, 6.45) is 3.73. The van der Waals surface area contributed by atoms with Gasteiger partial charge in [0.15, 0.2) is 0 Å². The molecule has 3 nitrogen and oxygen atoms in total. The van der Waals surface area contributed by atoms with Crippen LogP contribution in [0.15, 0.2) is 0 Å². The standard InChI is InChI=1S/C12H26N2O/c1-4-11(10-15-3)13-12-6-8-14(5-2)9-7-12/h11-13H,4-10H2,1-3H3. The second kappa shape index (κ2) is 7.20. The highest BCUT2D eigenvalue weighted by Crippen LogP contribution is 2.11. The van der Waals surface area contributed by atoms with Gasteiger partial charge in [-0.1, -0.05) is 13.8 Å². The summed E-state index contributed by atoms with van der Waals surface area (Å²) < 4.78 is 5.21. The van der Waals surface area contributed by atoms with Crippen molar-refractivity contribution < 1.29 is 4.74 Å². The lowest BCUT2D eigenvalue weighted by molar-refractivity contribution is 0.141. The lowest BCUT2D eigenvalue weighted by Gasteiger charge is -2.33. The zero-order valence-electron chi connectivity index (χ0n) is 10.5. The van der Waals surface area contributed by atoms with Crippen LogP contribution < -0.4 is 5.32 Å². The molecule has 15 heavy (non-hydrogen) atoms. The van der Waals surface area contributed by atoms with Crippen molar-refractivity contribution >= 4 is 0 Å². The molecule has 1 rings (SSSR count). The Kier molecular flexibility index (Phi) is 6.22. The van der Waals surface area contributed by atoms with Crippen molar-refractivity contribution in [1.29, 1.82) is 0 Å². The summed E-state index contributed by atoms with van der Waals surface area (Å²) >= 11 is 0. The minimum Gasteiger partial charge on any atom is -0.383 e. The highest BCUT2D eigenvalue weighted by atomic mass is 16.5. The number of nitrogens with one attached hydrogen (secondary N) is 1. The number of methoxy groups -OCH3 is 1. The second-order valence-corrected chi connectivity index (χ2v) is 4.44. The summed E-state index contributed by atoms with van der Waals surface area (Å²) in [5, 5.41) is 3.70. The van der Waals surface area contributed by atoms with E-state index < -0.39 is 0 Å². The first-order valence-electron chi connectivity index (χ1n) is 6.27. The van der Waals surface area contributed by atoms with Gasteiger partial charge in [0.2, 0.25) is 0 Å². The molecule has 0 spiro atoms. The quantitative estimate of drug-likeness (QED) is 0.725. The van der Waals surface area contributed by atoms with Gasteiger partial charge in [0, 0.05) is 19.2 Å². The fourth-order valence-electron chi connectivity index (χ4n) is 2.23. The summed E-state index contributed by atoms with van der Waals surface area (Å²) in [5.41, 5.74) is 0. The maximum atomic E-state index is 5.21. The molecule has 0 aliphatic carbocycles. The summed E-state index contributed by atoms with van der Waals surface area (Å²) in [6.45, 7) is 8.99. The molecule has 1 unspecified atom stereocenters. The van der Waals surface area contributed by atoms with Gasteiger partial charge in [0.05, 0.1) is 6.61 Å². The van der Waals surface area contributed by atoms with E-state index in [4.69, 9.17) is 4.74 Å². The number of piperidine rings is 1. The van der Waals surface area contributed by atoms with Crippen LogP contribution in [0, 0.1) is 0 Å². The van der Waals surface area contributed by atoms with Crippen molar-refractivity contribution in [2.45, 2.75) is 45.2 Å². The Balaban J connectivity index is 2.21. The Bertz CT molecular complexity index is 156. The van der Waals surface area contributed by atoms with Gasteiger partial charge in [-0.25, -0.2) is 0 Å². The molecule has 0 amide bonds. The monoisotopic (exact) mass is 214 g/mol. The van der Waals surface area contributed by atoms with Crippen molar-refractivity contribution in [3.63, 3.8) is 0 Å². The van der Waals surface area contributed by atoms with Crippen molar-refractivity contribution in [2.24, 2.45) is 0 Å². The summed E-state index contributed by atoms with van der Waals surface area (Å²) in [5.74, 6) is 0. The zero-order valence-corrected chi connectivity index (χ0v) is 10.5. The van der Waals surface area contributed by atoms with E-state index in [1.807, 2.05) is 0 Å². The Morgan fingerprint density at radius 3 is 2.47 bits per heavy atom. The number of nitrogens with zero attached hydrogens (tertiary/aromatic N) is 1. The van der Waals surface area contributed by atoms with Crippen molar-refractivity contribution in [1.82, 2.24) is 10.2 Å². The molecular weight excluding hydrogens is 188 g/mol. The number of likely N-dealkylation sites (tertiary alicyclic amines) is 1. The third kappa shape index (κ3) is 4.49. The molecule has 1 aliphatic rings. The van der Waals surface area contributed by atoms with Crippen LogP contribution in [0.25, 0.3) is 0 Å². The summed E-state index contributed by atoms with van der Waals surface area (Å²) in [6, 6.07) is 1.24. The first kappa shape index (κ1) is 12.9. The molecule has 3 heteroatoms. The molecule has 0 aromatic heterocycles. The predicted molar refractivity (Wildman–Crippen MR) is 64.2 cm³/mol. The van der Waals surface area contributed by atoms with Crippen molar-refractivity contribution in [3.8, 4) is 0 Å². The molecule has 1 aliphatic heterocycles. The van der Waals surface area contributed by atoms with E-state index in [-0.39, 0.29) is 0 Å². The van der Waals surface area contributed by atoms with Gasteiger partial charge >= 0.3 is 0 Å². The lowest BCUT2D eigenvalue weighted by Crippen LogP contribution is -2.47. The first-order chi connectivity index (χ1) is 7.30. The van der Waals surface area contributed by atoms with E-state index in [1.54, 1.807) is 7.11 Å². The average Bonchev–Trinajstić information content (AvgIpc) is 2.29. The van der Waals surface area contributed by atoms with Crippen LogP contribution in [-0.2, 0) is 4.74 Å². The number of ether oxygens (including phenoxy) is 1. The molecular formula is C12H26N2O. The SMILES string of the molecule is CCC(COC)NC1CCN(CC)CC1. The van der Waals surface area contributed by atoms with Crippen LogP contribution in [0.4, 0.5) is 0 Å². The molecule has 1 heterocycles. The fourth-order valence-corrected chi connectivity index (χ4v) is 2.23. The minimum absolute atomic E-state index is 0.535. The van der Waals surface area contributed by atoms with Gasteiger partial charge in [-0.15, -0.1) is 0 Å². The predicted octanol–water partition coefficient (Wildman–Crippen LogP) is 1.49. The Morgan fingerprint density at radius 1 is 1.33 bits per heavy atom. The fraction of sp³-hybridized carbons (Fsp3) is 1.00. The molecule has 0 aromatic rings. The molecule has 0 aromatic carbocycles. The Morgan fingerprint density at radius 2 is 2.00 bits per heavy atom. The molecule has 0 radical (unpaired) electrons. The maximum absolute atomic E-state index is 5.21. The molecule has 0 saturated carbocycles. The van der Waals surface area contributed by atoms with Gasteiger partial charge in [-0.3, -0.25) is 0 Å². The van der Waals surface area contributed by atoms with Crippen LogP contribution in [0.3, 0.4) is 0 Å². The minimum atomic E-state index is 0.535. The zero-order chi connectivity index (χ0) is 11.1. The molecule has 1 fully saturated rings. The van der Waals surface area contributed by atoms with Gasteiger partial charge in [0.1, 0.15) is 0 Å². The van der Waals surface area contributed by atoms with E-state index in [1.165, 1.54) is 32.5 Å². The lowest BCUT2D eigenvalue weighted by atomic mass is 10.0. The largest absolute Gasteiger partial charge is 0.383 e. The van der Waals surface area contributed by atoms with E-state index >= 15 is 0 Å². The van der Waals surface area contributed by atoms with Gasteiger partial charge in [-0.05, 0) is 38.9 Å². The number of hydrogen-bond acceptors (Lipinski definition) is 3. The molecule has 1 N–H and O–H groups in total. The van der Waals surface area contributed by atoms with E-state index in [9.17, 15) is 0 Å². The highest BCUT2D eigenvalue weighted by molar-refractivity contribution is 4.79. The smallest absolute Gasteiger partial charge is 0.0615 e. The highest BCUT2D eigenvalue weighted by Gasteiger charge is 2.19. The maximum Gasteiger partial charge on any atom is 0.0615 e. The van der Waals surface area contributed by atoms with Crippen LogP contribution in [0.2, 0.25) is 0 Å². The van der Waals surface area contributed by atoms with Crippen molar-refractivity contribution in [3.05, 3.63) is 0 Å². The molecule has 1 atom stereocenters. The first-order valence-corrected chi connectivity index (χ1v) is 6.27. The van der Waals surface area contributed by atoms with Gasteiger partial charge in [-0.2, -0.15) is 0 Å². The van der Waals surface area contributed by atoms with Gasteiger partial charge in [0.25, 0.3) is 0 Å². The van der Waals surface area contributed by atoms with E-state index in [0.29, 0.717) is 12.1 Å². The number of rotatable bonds is 6. The van der Waals surface area contributed by atoms with E-state index in [0.717, 1.165) is 13.0 Å². The average molecular weight is 214 g/mol. The molecule has 1 saturated heterocycles. The van der Waals surface area contributed by atoms with Crippen LogP contribution in [0.5, 0.6) is 0 Å². The Labute approximate surface area is 94.2 Å². The third-order valence-corrected chi connectivity index (χ3v) is 3.37. The van der Waals surface area contributed by atoms with Crippen molar-refractivity contribution in [2.75, 3.05) is 33.4 Å². The second-order valence-electron chi connectivity index (χ2n) is 4.44. The van der Waals surface area contributed by atoms with E-state index in [2.05, 4.69) is 24.1 Å². The van der Waals surface area contributed by atoms with Gasteiger partial charge < -0.3 is 15.0 Å². The number of hydrogen-bond donors (Lipinski definition) is 1. The third-order valence-electron chi connectivity index (χ3n) is 3.37. The Hall–Kier alpha value is -0.120. The molecule has 0 bridgehead atoms. The molecule has 90 valence electrons.